The Balaban J connectivity index is 1.95. The van der Waals surface area contributed by atoms with Crippen LogP contribution in [0.2, 0.25) is 0 Å². The van der Waals surface area contributed by atoms with E-state index in [2.05, 4.69) is 4.98 Å². The van der Waals surface area contributed by atoms with Gasteiger partial charge < -0.3 is 9.88 Å². The quantitative estimate of drug-likeness (QED) is 0.754. The number of carbonyl (C=O) groups is 1. The Labute approximate surface area is 151 Å². The number of carbonyl (C=O) groups excluding carboxylic acids is 1. The summed E-state index contributed by atoms with van der Waals surface area (Å²) in [7, 11) is 0. The number of benzene rings is 2. The molecule has 1 heterocycles. The van der Waals surface area contributed by atoms with Crippen molar-refractivity contribution in [2.45, 2.75) is 26.8 Å². The molecule has 3 aromatic rings. The van der Waals surface area contributed by atoms with E-state index in [1.54, 1.807) is 18.2 Å². The van der Waals surface area contributed by atoms with Gasteiger partial charge in [0.1, 0.15) is 5.82 Å². The number of aromatic nitrogens is 1. The van der Waals surface area contributed by atoms with Crippen LogP contribution in [0.25, 0.3) is 10.9 Å². The summed E-state index contributed by atoms with van der Waals surface area (Å²) in [5.41, 5.74) is 2.10. The molecule has 1 amide bonds. The van der Waals surface area contributed by atoms with Gasteiger partial charge in [0.25, 0.3) is 11.5 Å². The number of aryl methyl sites for hydroxylation is 1. The minimum Gasteiger partial charge on any atom is -0.334 e. The van der Waals surface area contributed by atoms with Gasteiger partial charge in [0.15, 0.2) is 0 Å². The van der Waals surface area contributed by atoms with Crippen molar-refractivity contribution in [2.24, 2.45) is 0 Å². The predicted octanol–water partition coefficient (Wildman–Crippen LogP) is 4.03. The number of fused-ring (bicyclic) bond motifs is 1. The zero-order chi connectivity index (χ0) is 18.7. The van der Waals surface area contributed by atoms with Gasteiger partial charge in [-0.15, -0.1) is 0 Å². The van der Waals surface area contributed by atoms with Crippen LogP contribution in [0.15, 0.2) is 53.3 Å². The van der Waals surface area contributed by atoms with Gasteiger partial charge in [-0.2, -0.15) is 0 Å². The number of rotatable bonds is 5. The summed E-state index contributed by atoms with van der Waals surface area (Å²) in [6, 6.07) is 13.5. The summed E-state index contributed by atoms with van der Waals surface area (Å²) in [6.07, 6.45) is 0.713. The second-order valence-electron chi connectivity index (χ2n) is 6.42. The van der Waals surface area contributed by atoms with E-state index in [4.69, 9.17) is 0 Å². The first-order valence-corrected chi connectivity index (χ1v) is 8.66. The Morgan fingerprint density at radius 2 is 1.92 bits per heavy atom. The third-order valence-corrected chi connectivity index (χ3v) is 4.32. The third-order valence-electron chi connectivity index (χ3n) is 4.32. The molecule has 0 atom stereocenters. The van der Waals surface area contributed by atoms with Gasteiger partial charge in [-0.1, -0.05) is 31.2 Å². The number of hydrogen-bond donors (Lipinski definition) is 1. The number of nitrogens with one attached hydrogen (secondary N) is 1. The lowest BCUT2D eigenvalue weighted by molar-refractivity contribution is 0.0738. The summed E-state index contributed by atoms with van der Waals surface area (Å²) < 4.78 is 14.0. The van der Waals surface area contributed by atoms with Crippen molar-refractivity contribution in [3.8, 4) is 0 Å². The van der Waals surface area contributed by atoms with Crippen LogP contribution in [-0.4, -0.2) is 22.3 Å². The molecule has 5 heteroatoms. The maximum atomic E-state index is 14.0. The Bertz CT molecular complexity index is 1010. The van der Waals surface area contributed by atoms with Crippen molar-refractivity contribution < 1.29 is 9.18 Å². The van der Waals surface area contributed by atoms with Crippen LogP contribution in [0.4, 0.5) is 4.39 Å². The number of halogens is 1. The van der Waals surface area contributed by atoms with Crippen LogP contribution in [0, 0.1) is 12.7 Å². The van der Waals surface area contributed by atoms with E-state index < -0.39 is 11.7 Å². The van der Waals surface area contributed by atoms with Gasteiger partial charge in [-0.25, -0.2) is 4.39 Å². The van der Waals surface area contributed by atoms with Crippen molar-refractivity contribution in [3.63, 3.8) is 0 Å². The number of pyridine rings is 1. The van der Waals surface area contributed by atoms with Crippen molar-refractivity contribution in [3.05, 3.63) is 81.4 Å². The Morgan fingerprint density at radius 1 is 1.15 bits per heavy atom. The van der Waals surface area contributed by atoms with Crippen molar-refractivity contribution in [1.29, 1.82) is 0 Å². The van der Waals surface area contributed by atoms with E-state index in [1.807, 2.05) is 32.0 Å². The Hall–Kier alpha value is -2.95. The van der Waals surface area contributed by atoms with Crippen molar-refractivity contribution in [1.82, 2.24) is 9.88 Å². The van der Waals surface area contributed by atoms with Crippen molar-refractivity contribution in [2.75, 3.05) is 6.54 Å². The summed E-state index contributed by atoms with van der Waals surface area (Å²) in [4.78, 5) is 29.6. The molecule has 134 valence electrons. The van der Waals surface area contributed by atoms with Crippen LogP contribution in [-0.2, 0) is 6.54 Å². The SMILES string of the molecule is CCCN(Cc1cc2ccc(C)cc2[nH]c1=O)C(=O)c1ccccc1F. The zero-order valence-electron chi connectivity index (χ0n) is 14.9. The highest BCUT2D eigenvalue weighted by molar-refractivity contribution is 5.94. The second kappa shape index (κ2) is 7.52. The van der Waals surface area contributed by atoms with Crippen LogP contribution >= 0.6 is 0 Å². The first-order chi connectivity index (χ1) is 12.5. The highest BCUT2D eigenvalue weighted by Crippen LogP contribution is 2.16. The normalized spacial score (nSPS) is 10.9. The zero-order valence-corrected chi connectivity index (χ0v) is 14.9. The fourth-order valence-electron chi connectivity index (χ4n) is 3.01. The molecule has 4 nitrogen and oxygen atoms in total. The molecule has 0 aliphatic carbocycles. The molecule has 0 spiro atoms. The van der Waals surface area contributed by atoms with Gasteiger partial charge >= 0.3 is 0 Å². The molecule has 0 unspecified atom stereocenters. The average molecular weight is 352 g/mol. The van der Waals surface area contributed by atoms with Crippen LogP contribution in [0.1, 0.15) is 34.8 Å². The lowest BCUT2D eigenvalue weighted by Gasteiger charge is -2.22. The standard InChI is InChI=1S/C21H21FN2O2/c1-3-10-24(21(26)17-6-4-5-7-18(17)22)13-16-12-15-9-8-14(2)11-19(15)23-20(16)25/h4-9,11-12H,3,10,13H2,1-2H3,(H,23,25). The molecule has 1 aromatic heterocycles. The molecule has 26 heavy (non-hydrogen) atoms. The monoisotopic (exact) mass is 352 g/mol. The number of H-pyrrole nitrogens is 1. The van der Waals surface area contributed by atoms with E-state index in [9.17, 15) is 14.0 Å². The number of nitrogens with zero attached hydrogens (tertiary/aromatic N) is 1. The largest absolute Gasteiger partial charge is 0.334 e. The summed E-state index contributed by atoms with van der Waals surface area (Å²) in [5, 5.41) is 0.903. The van der Waals surface area contributed by atoms with Crippen LogP contribution in [0.5, 0.6) is 0 Å². The van der Waals surface area contributed by atoms with Crippen molar-refractivity contribution >= 4 is 16.8 Å². The molecule has 0 aliphatic rings. The average Bonchev–Trinajstić information content (AvgIpc) is 2.62. The third kappa shape index (κ3) is 3.67. The fourth-order valence-corrected chi connectivity index (χ4v) is 3.01. The molecular weight excluding hydrogens is 331 g/mol. The van der Waals surface area contributed by atoms with E-state index >= 15 is 0 Å². The molecule has 3 rings (SSSR count). The molecule has 2 aromatic carbocycles. The summed E-state index contributed by atoms with van der Waals surface area (Å²) >= 11 is 0. The molecular formula is C21H21FN2O2. The van der Waals surface area contributed by atoms with Gasteiger partial charge in [0, 0.05) is 17.6 Å². The van der Waals surface area contributed by atoms with Gasteiger partial charge in [-0.05, 0) is 48.6 Å². The van der Waals surface area contributed by atoms with E-state index in [1.165, 1.54) is 17.0 Å². The van der Waals surface area contributed by atoms with E-state index in [-0.39, 0.29) is 17.7 Å². The number of amides is 1. The van der Waals surface area contributed by atoms with Gasteiger partial charge in [-0.3, -0.25) is 9.59 Å². The highest BCUT2D eigenvalue weighted by atomic mass is 19.1. The Morgan fingerprint density at radius 3 is 2.65 bits per heavy atom. The first-order valence-electron chi connectivity index (χ1n) is 8.66. The summed E-state index contributed by atoms with van der Waals surface area (Å²) in [6.45, 7) is 4.48. The topological polar surface area (TPSA) is 53.2 Å². The number of hydrogen-bond acceptors (Lipinski definition) is 2. The molecule has 1 N–H and O–H groups in total. The lowest BCUT2D eigenvalue weighted by atomic mass is 10.1. The summed E-state index contributed by atoms with van der Waals surface area (Å²) in [5.74, 6) is -0.963. The minimum atomic E-state index is -0.554. The molecule has 0 saturated carbocycles. The van der Waals surface area contributed by atoms with Gasteiger partial charge in [0.05, 0.1) is 12.1 Å². The van der Waals surface area contributed by atoms with Gasteiger partial charge in [0.2, 0.25) is 0 Å². The molecule has 0 saturated heterocycles. The predicted molar refractivity (Wildman–Crippen MR) is 101 cm³/mol. The number of aromatic amines is 1. The minimum absolute atomic E-state index is 0.0220. The van der Waals surface area contributed by atoms with Crippen LogP contribution < -0.4 is 5.56 Å². The van der Waals surface area contributed by atoms with E-state index in [0.29, 0.717) is 18.5 Å². The second-order valence-corrected chi connectivity index (χ2v) is 6.42. The van der Waals surface area contributed by atoms with Crippen LogP contribution in [0.3, 0.4) is 0 Å². The van der Waals surface area contributed by atoms with E-state index in [0.717, 1.165) is 16.5 Å². The smallest absolute Gasteiger partial charge is 0.257 e. The molecule has 0 bridgehead atoms. The highest BCUT2D eigenvalue weighted by Gasteiger charge is 2.20. The maximum Gasteiger partial charge on any atom is 0.257 e. The Kier molecular flexibility index (Phi) is 5.16. The molecule has 0 fully saturated rings. The maximum absolute atomic E-state index is 14.0. The lowest BCUT2D eigenvalue weighted by Crippen LogP contribution is -2.34. The molecule has 0 radical (unpaired) electrons. The molecule has 0 aliphatic heterocycles. The first kappa shape index (κ1) is 17.9. The fraction of sp³-hybridized carbons (Fsp3) is 0.238.